The van der Waals surface area contributed by atoms with Gasteiger partial charge in [0.1, 0.15) is 5.75 Å². The predicted octanol–water partition coefficient (Wildman–Crippen LogP) is 3.79. The molecule has 1 aromatic carbocycles. The van der Waals surface area contributed by atoms with Crippen molar-refractivity contribution in [3.05, 3.63) is 77.4 Å². The summed E-state index contributed by atoms with van der Waals surface area (Å²) in [7, 11) is 3.71. The molecule has 0 saturated carbocycles. The lowest BCUT2D eigenvalue weighted by Crippen LogP contribution is -2.33. The van der Waals surface area contributed by atoms with Crippen LogP contribution in [-0.4, -0.2) is 39.9 Å². The molecule has 0 amide bonds. The van der Waals surface area contributed by atoms with Crippen molar-refractivity contribution in [3.8, 4) is 5.75 Å². The summed E-state index contributed by atoms with van der Waals surface area (Å²) in [6.45, 7) is 3.22. The fraction of sp³-hybridized carbons (Fsp3) is 0.391. The third kappa shape index (κ3) is 4.42. The van der Waals surface area contributed by atoms with E-state index in [9.17, 15) is 0 Å². The average molecular weight is 377 g/mol. The van der Waals surface area contributed by atoms with E-state index in [2.05, 4.69) is 40.3 Å². The number of benzene rings is 1. The highest BCUT2D eigenvalue weighted by molar-refractivity contribution is 5.31. The highest BCUT2D eigenvalue weighted by atomic mass is 16.5. The molecule has 0 spiro atoms. The standard InChI is InChI=1S/C23H28N4O/c1-26-21(9-12-25-26)17-27-13-10-20(11-14-27)23-8-5-19(16-24-23)15-18-3-6-22(28-2)7-4-18/h3-9,12,16,20H,10-11,13-15,17H2,1-2H3. The minimum Gasteiger partial charge on any atom is -0.497 e. The molecule has 2 aromatic heterocycles. The smallest absolute Gasteiger partial charge is 0.118 e. The molecular weight excluding hydrogens is 348 g/mol. The van der Waals surface area contributed by atoms with Crippen molar-refractivity contribution in [3.63, 3.8) is 0 Å². The number of piperidine rings is 1. The molecule has 0 atom stereocenters. The van der Waals surface area contributed by atoms with Gasteiger partial charge >= 0.3 is 0 Å². The zero-order chi connectivity index (χ0) is 19.3. The van der Waals surface area contributed by atoms with Crippen LogP contribution in [0.2, 0.25) is 0 Å². The van der Waals surface area contributed by atoms with Gasteiger partial charge in [0, 0.05) is 37.6 Å². The van der Waals surface area contributed by atoms with Crippen molar-refractivity contribution in [1.29, 1.82) is 0 Å². The Morgan fingerprint density at radius 1 is 1.00 bits per heavy atom. The normalized spacial score (nSPS) is 15.6. The largest absolute Gasteiger partial charge is 0.497 e. The van der Waals surface area contributed by atoms with Gasteiger partial charge in [0.15, 0.2) is 0 Å². The molecule has 3 aromatic rings. The monoisotopic (exact) mass is 376 g/mol. The van der Waals surface area contributed by atoms with Gasteiger partial charge in [-0.1, -0.05) is 18.2 Å². The molecule has 1 fully saturated rings. The second-order valence-corrected chi connectivity index (χ2v) is 7.61. The Morgan fingerprint density at radius 2 is 1.75 bits per heavy atom. The van der Waals surface area contributed by atoms with Gasteiger partial charge in [0.25, 0.3) is 0 Å². The summed E-state index contributed by atoms with van der Waals surface area (Å²) in [6.07, 6.45) is 7.16. The minimum atomic E-state index is 0.567. The summed E-state index contributed by atoms with van der Waals surface area (Å²) in [5.41, 5.74) is 5.04. The second kappa shape index (κ2) is 8.57. The molecular formula is C23H28N4O. The van der Waals surface area contributed by atoms with E-state index in [1.165, 1.54) is 35.4 Å². The Bertz CT molecular complexity index is 878. The lowest BCUT2D eigenvalue weighted by atomic mass is 9.92. The number of rotatable bonds is 6. The third-order valence-corrected chi connectivity index (χ3v) is 5.73. The Labute approximate surface area is 167 Å². The summed E-state index contributed by atoms with van der Waals surface area (Å²) in [4.78, 5) is 7.31. The summed E-state index contributed by atoms with van der Waals surface area (Å²) in [5.74, 6) is 1.46. The molecule has 0 N–H and O–H groups in total. The Hall–Kier alpha value is -2.66. The number of hydrogen-bond acceptors (Lipinski definition) is 4. The number of pyridine rings is 1. The van der Waals surface area contributed by atoms with Crippen molar-refractivity contribution >= 4 is 0 Å². The van der Waals surface area contributed by atoms with Gasteiger partial charge in [-0.15, -0.1) is 0 Å². The van der Waals surface area contributed by atoms with E-state index in [0.717, 1.165) is 31.8 Å². The van der Waals surface area contributed by atoms with E-state index < -0.39 is 0 Å². The van der Waals surface area contributed by atoms with Gasteiger partial charge in [-0.05, 0) is 67.7 Å². The zero-order valence-electron chi connectivity index (χ0n) is 16.7. The Morgan fingerprint density at radius 3 is 2.36 bits per heavy atom. The van der Waals surface area contributed by atoms with Crippen LogP contribution in [0.15, 0.2) is 54.9 Å². The van der Waals surface area contributed by atoms with Gasteiger partial charge in [-0.25, -0.2) is 0 Å². The molecule has 4 rings (SSSR count). The lowest BCUT2D eigenvalue weighted by Gasteiger charge is -2.31. The van der Waals surface area contributed by atoms with Crippen LogP contribution in [0.25, 0.3) is 0 Å². The third-order valence-electron chi connectivity index (χ3n) is 5.73. The summed E-state index contributed by atoms with van der Waals surface area (Å²) >= 11 is 0. The average Bonchev–Trinajstić information content (AvgIpc) is 3.14. The van der Waals surface area contributed by atoms with Crippen LogP contribution >= 0.6 is 0 Å². The topological polar surface area (TPSA) is 43.2 Å². The fourth-order valence-electron chi connectivity index (χ4n) is 3.93. The number of aryl methyl sites for hydroxylation is 1. The maximum atomic E-state index is 5.22. The lowest BCUT2D eigenvalue weighted by molar-refractivity contribution is 0.199. The highest BCUT2D eigenvalue weighted by Gasteiger charge is 2.22. The van der Waals surface area contributed by atoms with Crippen molar-refractivity contribution in [2.75, 3.05) is 20.2 Å². The van der Waals surface area contributed by atoms with Crippen molar-refractivity contribution in [2.45, 2.75) is 31.7 Å². The fourth-order valence-corrected chi connectivity index (χ4v) is 3.93. The Balaban J connectivity index is 1.31. The molecule has 0 radical (unpaired) electrons. The van der Waals surface area contributed by atoms with Crippen molar-refractivity contribution in [2.24, 2.45) is 7.05 Å². The first-order chi connectivity index (χ1) is 13.7. The van der Waals surface area contributed by atoms with E-state index in [0.29, 0.717) is 5.92 Å². The van der Waals surface area contributed by atoms with Crippen molar-refractivity contribution < 1.29 is 4.74 Å². The summed E-state index contributed by atoms with van der Waals surface area (Å²) in [5, 5.41) is 4.27. The van der Waals surface area contributed by atoms with Crippen LogP contribution in [0.3, 0.4) is 0 Å². The zero-order valence-corrected chi connectivity index (χ0v) is 16.7. The van der Waals surface area contributed by atoms with E-state index in [-0.39, 0.29) is 0 Å². The van der Waals surface area contributed by atoms with Crippen LogP contribution in [0.5, 0.6) is 5.75 Å². The molecule has 0 bridgehead atoms. The molecule has 1 aliphatic rings. The molecule has 28 heavy (non-hydrogen) atoms. The first-order valence-corrected chi connectivity index (χ1v) is 9.98. The van der Waals surface area contributed by atoms with Gasteiger partial charge in [0.2, 0.25) is 0 Å². The van der Waals surface area contributed by atoms with Gasteiger partial charge in [0.05, 0.1) is 12.8 Å². The summed E-state index contributed by atoms with van der Waals surface area (Å²) < 4.78 is 7.19. The highest BCUT2D eigenvalue weighted by Crippen LogP contribution is 2.27. The van der Waals surface area contributed by atoms with E-state index in [1.54, 1.807) is 7.11 Å². The van der Waals surface area contributed by atoms with Gasteiger partial charge < -0.3 is 4.74 Å². The van der Waals surface area contributed by atoms with E-state index in [1.807, 2.05) is 36.3 Å². The van der Waals surface area contributed by atoms with Gasteiger partial charge in [-0.2, -0.15) is 5.10 Å². The van der Waals surface area contributed by atoms with E-state index in [4.69, 9.17) is 9.72 Å². The molecule has 1 saturated heterocycles. The molecule has 1 aliphatic heterocycles. The number of likely N-dealkylation sites (tertiary alicyclic amines) is 1. The molecule has 146 valence electrons. The van der Waals surface area contributed by atoms with E-state index >= 15 is 0 Å². The quantitative estimate of drug-likeness (QED) is 0.656. The number of hydrogen-bond donors (Lipinski definition) is 0. The van der Waals surface area contributed by atoms with Crippen LogP contribution in [0, 0.1) is 0 Å². The molecule has 5 nitrogen and oxygen atoms in total. The number of methoxy groups -OCH3 is 1. The van der Waals surface area contributed by atoms with Crippen LogP contribution < -0.4 is 4.74 Å². The van der Waals surface area contributed by atoms with Crippen LogP contribution in [-0.2, 0) is 20.0 Å². The molecule has 5 heteroatoms. The van der Waals surface area contributed by atoms with Crippen molar-refractivity contribution in [1.82, 2.24) is 19.7 Å². The number of ether oxygens (including phenoxy) is 1. The molecule has 0 aliphatic carbocycles. The minimum absolute atomic E-state index is 0.567. The SMILES string of the molecule is COc1ccc(Cc2ccc(C3CCN(Cc4ccnn4C)CC3)nc2)cc1. The van der Waals surface area contributed by atoms with Crippen LogP contribution in [0.1, 0.15) is 41.3 Å². The van der Waals surface area contributed by atoms with Gasteiger partial charge in [-0.3, -0.25) is 14.6 Å². The Kier molecular flexibility index (Phi) is 5.72. The second-order valence-electron chi connectivity index (χ2n) is 7.61. The maximum absolute atomic E-state index is 5.22. The summed E-state index contributed by atoms with van der Waals surface area (Å²) in [6, 6.07) is 14.8. The number of aromatic nitrogens is 3. The first kappa shape index (κ1) is 18.7. The predicted molar refractivity (Wildman–Crippen MR) is 110 cm³/mol. The molecule has 3 heterocycles. The first-order valence-electron chi connectivity index (χ1n) is 9.98. The van der Waals surface area contributed by atoms with Crippen LogP contribution in [0.4, 0.5) is 0 Å². The molecule has 0 unspecified atom stereocenters. The maximum Gasteiger partial charge on any atom is 0.118 e. The number of nitrogens with zero attached hydrogens (tertiary/aromatic N) is 4.